The average Bonchev–Trinajstić information content (AvgIpc) is 3.16. The third kappa shape index (κ3) is 6.27. The number of esters is 1. The summed E-state index contributed by atoms with van der Waals surface area (Å²) in [6.07, 6.45) is 0. The zero-order valence-electron chi connectivity index (χ0n) is 18.9. The second-order valence-electron chi connectivity index (χ2n) is 7.87. The number of carbonyl (C=O) groups is 2. The Hall–Kier alpha value is -3.57. The van der Waals surface area contributed by atoms with Gasteiger partial charge < -0.3 is 10.1 Å². The Labute approximate surface area is 197 Å². The fourth-order valence-corrected chi connectivity index (χ4v) is 4.42. The SMILES string of the molecule is Cc1cc(NC(=O)COC(=O)[C@@H](NS(=O)(=O)c2ccccc2)C(C)C)n(-c2ccc(F)cc2)n1. The van der Waals surface area contributed by atoms with E-state index in [0.29, 0.717) is 17.2 Å². The van der Waals surface area contributed by atoms with Crippen LogP contribution in [-0.2, 0) is 24.3 Å². The van der Waals surface area contributed by atoms with E-state index in [1.165, 1.54) is 41.1 Å². The van der Waals surface area contributed by atoms with Crippen molar-refractivity contribution in [2.24, 2.45) is 5.92 Å². The molecule has 0 aliphatic carbocycles. The lowest BCUT2D eigenvalue weighted by Crippen LogP contribution is -2.45. The number of nitrogens with one attached hydrogen (secondary N) is 2. The number of halogens is 1. The molecule has 0 unspecified atom stereocenters. The number of anilines is 1. The van der Waals surface area contributed by atoms with Crippen molar-refractivity contribution in [1.29, 1.82) is 0 Å². The Morgan fingerprint density at radius 2 is 1.74 bits per heavy atom. The number of benzene rings is 2. The highest BCUT2D eigenvalue weighted by Crippen LogP contribution is 2.18. The Morgan fingerprint density at radius 1 is 1.09 bits per heavy atom. The lowest BCUT2D eigenvalue weighted by Gasteiger charge is -2.20. The summed E-state index contributed by atoms with van der Waals surface area (Å²) in [5, 5.41) is 6.87. The van der Waals surface area contributed by atoms with Gasteiger partial charge in [0, 0.05) is 6.07 Å². The second kappa shape index (κ2) is 10.6. The van der Waals surface area contributed by atoms with Crippen LogP contribution < -0.4 is 10.0 Å². The molecule has 0 bridgehead atoms. The van der Waals surface area contributed by atoms with Crippen molar-refractivity contribution in [1.82, 2.24) is 14.5 Å². The number of hydrogen-bond donors (Lipinski definition) is 2. The lowest BCUT2D eigenvalue weighted by atomic mass is 10.1. The van der Waals surface area contributed by atoms with E-state index in [2.05, 4.69) is 15.1 Å². The fraction of sp³-hybridized carbons (Fsp3) is 0.261. The first-order valence-corrected chi connectivity index (χ1v) is 11.9. The molecule has 0 fully saturated rings. The van der Waals surface area contributed by atoms with E-state index in [-0.39, 0.29) is 4.90 Å². The molecule has 2 N–H and O–H groups in total. The zero-order valence-corrected chi connectivity index (χ0v) is 19.7. The molecule has 3 rings (SSSR count). The molecule has 1 aromatic heterocycles. The van der Waals surface area contributed by atoms with Crippen LogP contribution in [0, 0.1) is 18.7 Å². The smallest absolute Gasteiger partial charge is 0.324 e. The molecule has 0 radical (unpaired) electrons. The highest BCUT2D eigenvalue weighted by molar-refractivity contribution is 7.89. The van der Waals surface area contributed by atoms with E-state index >= 15 is 0 Å². The molecule has 2 aromatic carbocycles. The predicted octanol–water partition coefficient (Wildman–Crippen LogP) is 2.80. The molecule has 180 valence electrons. The zero-order chi connectivity index (χ0) is 24.9. The van der Waals surface area contributed by atoms with E-state index in [9.17, 15) is 22.4 Å². The van der Waals surface area contributed by atoms with Crippen LogP contribution >= 0.6 is 0 Å². The van der Waals surface area contributed by atoms with Gasteiger partial charge in [-0.3, -0.25) is 9.59 Å². The minimum atomic E-state index is -3.96. The van der Waals surface area contributed by atoms with Crippen LogP contribution in [0.25, 0.3) is 5.69 Å². The summed E-state index contributed by atoms with van der Waals surface area (Å²) in [6, 6.07) is 13.6. The minimum Gasteiger partial charge on any atom is -0.454 e. The van der Waals surface area contributed by atoms with Crippen LogP contribution in [0.1, 0.15) is 19.5 Å². The van der Waals surface area contributed by atoms with Gasteiger partial charge in [0.25, 0.3) is 5.91 Å². The molecule has 0 aliphatic heterocycles. The topological polar surface area (TPSA) is 119 Å². The average molecular weight is 489 g/mol. The van der Waals surface area contributed by atoms with Crippen molar-refractivity contribution in [2.75, 3.05) is 11.9 Å². The first-order chi connectivity index (χ1) is 16.1. The van der Waals surface area contributed by atoms with Crippen molar-refractivity contribution >= 4 is 27.7 Å². The Morgan fingerprint density at radius 3 is 2.35 bits per heavy atom. The van der Waals surface area contributed by atoms with E-state index < -0.39 is 46.3 Å². The van der Waals surface area contributed by atoms with Crippen molar-refractivity contribution < 1.29 is 27.1 Å². The summed E-state index contributed by atoms with van der Waals surface area (Å²) >= 11 is 0. The van der Waals surface area contributed by atoms with E-state index in [0.717, 1.165) is 0 Å². The molecule has 9 nitrogen and oxygen atoms in total. The standard InChI is InChI=1S/C23H25FN4O5S/c1-15(2)22(27-34(31,32)19-7-5-4-6-8-19)23(30)33-14-21(29)25-20-13-16(3)26-28(20)18-11-9-17(24)10-12-18/h4-13,15,22,27H,14H2,1-3H3,(H,25,29)/t22-/m0/s1. The normalized spacial score (nSPS) is 12.4. The van der Waals surface area contributed by atoms with Gasteiger partial charge in [-0.25, -0.2) is 17.5 Å². The van der Waals surface area contributed by atoms with Crippen molar-refractivity contribution in [3.63, 3.8) is 0 Å². The second-order valence-corrected chi connectivity index (χ2v) is 9.59. The molecular weight excluding hydrogens is 463 g/mol. The maximum Gasteiger partial charge on any atom is 0.324 e. The third-order valence-electron chi connectivity index (χ3n) is 4.77. The number of ether oxygens (including phenoxy) is 1. The Bertz CT molecular complexity index is 1260. The van der Waals surface area contributed by atoms with Gasteiger partial charge in [-0.2, -0.15) is 9.82 Å². The fourth-order valence-electron chi connectivity index (χ4n) is 3.06. The lowest BCUT2D eigenvalue weighted by molar-refractivity contribution is -0.150. The van der Waals surface area contributed by atoms with Crippen LogP contribution in [0.5, 0.6) is 0 Å². The predicted molar refractivity (Wildman–Crippen MR) is 123 cm³/mol. The summed E-state index contributed by atoms with van der Waals surface area (Å²) in [4.78, 5) is 25.0. The molecule has 34 heavy (non-hydrogen) atoms. The number of carbonyl (C=O) groups excluding carboxylic acids is 2. The van der Waals surface area contributed by atoms with Crippen LogP contribution in [0.4, 0.5) is 10.2 Å². The van der Waals surface area contributed by atoms with Gasteiger partial charge in [-0.15, -0.1) is 0 Å². The molecule has 0 saturated heterocycles. The maximum absolute atomic E-state index is 13.2. The van der Waals surface area contributed by atoms with Crippen molar-refractivity contribution in [3.05, 3.63) is 72.2 Å². The first kappa shape index (κ1) is 25.1. The number of sulfonamides is 1. The van der Waals surface area contributed by atoms with Crippen LogP contribution in [-0.4, -0.2) is 42.7 Å². The summed E-state index contributed by atoms with van der Waals surface area (Å²) in [6.45, 7) is 4.40. The highest BCUT2D eigenvalue weighted by Gasteiger charge is 2.30. The van der Waals surface area contributed by atoms with Crippen molar-refractivity contribution in [2.45, 2.75) is 31.7 Å². The Kier molecular flexibility index (Phi) is 7.79. The third-order valence-corrected chi connectivity index (χ3v) is 6.23. The molecule has 0 saturated carbocycles. The summed E-state index contributed by atoms with van der Waals surface area (Å²) in [7, 11) is -3.96. The van der Waals surface area contributed by atoms with Gasteiger partial charge >= 0.3 is 5.97 Å². The van der Waals surface area contributed by atoms with E-state index in [1.807, 2.05) is 0 Å². The quantitative estimate of drug-likeness (QED) is 0.447. The van der Waals surface area contributed by atoms with Gasteiger partial charge in [-0.05, 0) is 49.2 Å². The van der Waals surface area contributed by atoms with Gasteiger partial charge in [0.1, 0.15) is 17.7 Å². The summed E-state index contributed by atoms with van der Waals surface area (Å²) < 4.78 is 47.3. The monoisotopic (exact) mass is 488 g/mol. The number of aromatic nitrogens is 2. The molecule has 1 amide bonds. The molecule has 0 aliphatic rings. The van der Waals surface area contributed by atoms with E-state index in [4.69, 9.17) is 4.74 Å². The summed E-state index contributed by atoms with van der Waals surface area (Å²) in [5.41, 5.74) is 1.13. The minimum absolute atomic E-state index is 0.00983. The number of nitrogens with zero attached hydrogens (tertiary/aromatic N) is 2. The van der Waals surface area contributed by atoms with Gasteiger partial charge in [0.05, 0.1) is 16.3 Å². The number of rotatable bonds is 9. The molecule has 1 heterocycles. The number of amides is 1. The van der Waals surface area contributed by atoms with Gasteiger partial charge in [0.15, 0.2) is 6.61 Å². The molecule has 0 spiro atoms. The maximum atomic E-state index is 13.2. The number of aryl methyl sites for hydroxylation is 1. The first-order valence-electron chi connectivity index (χ1n) is 10.4. The van der Waals surface area contributed by atoms with E-state index in [1.54, 1.807) is 45.0 Å². The van der Waals surface area contributed by atoms with Crippen LogP contribution in [0.3, 0.4) is 0 Å². The van der Waals surface area contributed by atoms with Gasteiger partial charge in [0.2, 0.25) is 10.0 Å². The van der Waals surface area contributed by atoms with Crippen LogP contribution in [0.15, 0.2) is 65.6 Å². The number of hydrogen-bond acceptors (Lipinski definition) is 6. The molecular formula is C23H25FN4O5S. The largest absolute Gasteiger partial charge is 0.454 e. The van der Waals surface area contributed by atoms with Crippen molar-refractivity contribution in [3.8, 4) is 5.69 Å². The Balaban J connectivity index is 1.65. The molecule has 1 atom stereocenters. The van der Waals surface area contributed by atoms with Gasteiger partial charge in [-0.1, -0.05) is 32.0 Å². The summed E-state index contributed by atoms with van der Waals surface area (Å²) in [5.74, 6) is -2.07. The molecule has 11 heteroatoms. The van der Waals surface area contributed by atoms with Crippen LogP contribution in [0.2, 0.25) is 0 Å². The molecule has 3 aromatic rings. The highest BCUT2D eigenvalue weighted by atomic mass is 32.2.